The quantitative estimate of drug-likeness (QED) is 0.133. The second kappa shape index (κ2) is 14.2. The SMILES string of the molecule is COc1cn(C(Cc2ccccc2)C(=O)Nc2ccc(C(=O)OCc3oc(=O)oc3C)cc2)c(=O)cc1-c1cc(Cl)ccc1C(C)=O. The summed E-state index contributed by atoms with van der Waals surface area (Å²) in [7, 11) is 1.43. The Morgan fingerprint density at radius 2 is 1.66 bits per heavy atom. The Balaban J connectivity index is 1.42. The number of aromatic nitrogens is 1. The van der Waals surface area contributed by atoms with Crippen LogP contribution in [0.4, 0.5) is 5.69 Å². The predicted octanol–water partition coefficient (Wildman–Crippen LogP) is 6.01. The van der Waals surface area contributed by atoms with Crippen molar-refractivity contribution in [3.63, 3.8) is 0 Å². The third-order valence-corrected chi connectivity index (χ3v) is 7.62. The number of benzene rings is 3. The summed E-state index contributed by atoms with van der Waals surface area (Å²) >= 11 is 6.24. The number of ether oxygens (including phenoxy) is 2. The second-order valence-electron chi connectivity index (χ2n) is 10.5. The zero-order chi connectivity index (χ0) is 33.7. The largest absolute Gasteiger partial charge is 0.519 e. The fourth-order valence-electron chi connectivity index (χ4n) is 4.98. The van der Waals surface area contributed by atoms with Gasteiger partial charge in [0.1, 0.15) is 11.8 Å². The van der Waals surface area contributed by atoms with E-state index in [1.54, 1.807) is 18.2 Å². The molecule has 2 aromatic heterocycles. The summed E-state index contributed by atoms with van der Waals surface area (Å²) in [6, 6.07) is 20.2. The van der Waals surface area contributed by atoms with Gasteiger partial charge >= 0.3 is 11.8 Å². The monoisotopic (exact) mass is 656 g/mol. The smallest absolute Gasteiger partial charge is 0.495 e. The van der Waals surface area contributed by atoms with Crippen molar-refractivity contribution in [2.45, 2.75) is 32.9 Å². The Labute approximate surface area is 273 Å². The maximum Gasteiger partial charge on any atom is 0.519 e. The third-order valence-electron chi connectivity index (χ3n) is 7.38. The van der Waals surface area contributed by atoms with E-state index < -0.39 is 29.3 Å². The molecule has 0 spiro atoms. The van der Waals surface area contributed by atoms with Gasteiger partial charge in [0.25, 0.3) is 5.56 Å². The Kier molecular flexibility index (Phi) is 9.86. The molecule has 0 aliphatic heterocycles. The van der Waals surface area contributed by atoms with E-state index in [1.807, 2.05) is 30.3 Å². The molecule has 47 heavy (non-hydrogen) atoms. The number of esters is 1. The van der Waals surface area contributed by atoms with E-state index in [0.29, 0.717) is 27.4 Å². The zero-order valence-corrected chi connectivity index (χ0v) is 26.3. The first-order valence-corrected chi connectivity index (χ1v) is 14.7. The van der Waals surface area contributed by atoms with E-state index in [9.17, 15) is 24.0 Å². The molecular formula is C35H29ClN2O9. The number of Topliss-reactive ketones (excluding diaryl/α,β-unsaturated/α-hetero) is 1. The summed E-state index contributed by atoms with van der Waals surface area (Å²) in [5.74, 6) is -1.72. The number of nitrogens with zero attached hydrogens (tertiary/aromatic N) is 1. The first-order chi connectivity index (χ1) is 22.5. The molecule has 5 aromatic rings. The van der Waals surface area contributed by atoms with Gasteiger partial charge in [0, 0.05) is 34.3 Å². The fourth-order valence-corrected chi connectivity index (χ4v) is 5.15. The number of nitrogens with one attached hydrogen (secondary N) is 1. The van der Waals surface area contributed by atoms with Gasteiger partial charge in [0.05, 0.1) is 18.9 Å². The lowest BCUT2D eigenvalue weighted by Gasteiger charge is -2.22. The number of carbonyl (C=O) groups excluding carboxylic acids is 3. The first kappa shape index (κ1) is 32.7. The van der Waals surface area contributed by atoms with E-state index in [4.69, 9.17) is 29.9 Å². The first-order valence-electron chi connectivity index (χ1n) is 14.4. The maximum absolute atomic E-state index is 13.8. The highest BCUT2D eigenvalue weighted by atomic mass is 35.5. The van der Waals surface area contributed by atoms with Crippen molar-refractivity contribution in [1.29, 1.82) is 0 Å². The number of methoxy groups -OCH3 is 1. The molecule has 0 fully saturated rings. The van der Waals surface area contributed by atoms with Gasteiger partial charge in [-0.05, 0) is 67.4 Å². The lowest BCUT2D eigenvalue weighted by atomic mass is 9.97. The van der Waals surface area contributed by atoms with Gasteiger partial charge in [-0.1, -0.05) is 41.9 Å². The van der Waals surface area contributed by atoms with Gasteiger partial charge in [-0.3, -0.25) is 19.0 Å². The molecule has 12 heteroatoms. The summed E-state index contributed by atoms with van der Waals surface area (Å²) in [6.07, 6.45) is 1.61. The molecule has 1 unspecified atom stereocenters. The molecule has 5 rings (SSSR count). The van der Waals surface area contributed by atoms with E-state index in [2.05, 4.69) is 5.32 Å². The minimum atomic E-state index is -1.02. The molecule has 3 aromatic carbocycles. The van der Waals surface area contributed by atoms with Crippen molar-refractivity contribution in [3.8, 4) is 16.9 Å². The van der Waals surface area contributed by atoms with Crippen molar-refractivity contribution < 1.29 is 32.7 Å². The summed E-state index contributed by atoms with van der Waals surface area (Å²) in [6.45, 7) is 2.64. The van der Waals surface area contributed by atoms with Crippen molar-refractivity contribution in [2.75, 3.05) is 12.4 Å². The number of hydrogen-bond acceptors (Lipinski definition) is 9. The molecule has 11 nitrogen and oxygen atoms in total. The summed E-state index contributed by atoms with van der Waals surface area (Å²) in [5.41, 5.74) is 1.99. The minimum Gasteiger partial charge on any atom is -0.495 e. The number of hydrogen-bond donors (Lipinski definition) is 1. The highest BCUT2D eigenvalue weighted by Crippen LogP contribution is 2.34. The lowest BCUT2D eigenvalue weighted by Crippen LogP contribution is -2.34. The molecule has 0 saturated carbocycles. The van der Waals surface area contributed by atoms with Crippen LogP contribution in [-0.4, -0.2) is 29.3 Å². The molecular weight excluding hydrogens is 628 g/mol. The molecule has 240 valence electrons. The number of ketones is 1. The number of aryl methyl sites for hydroxylation is 1. The van der Waals surface area contributed by atoms with E-state index in [1.165, 1.54) is 62.1 Å². The molecule has 1 N–H and O–H groups in total. The van der Waals surface area contributed by atoms with Crippen molar-refractivity contribution >= 4 is 34.9 Å². The predicted molar refractivity (Wildman–Crippen MR) is 173 cm³/mol. The number of carbonyl (C=O) groups is 3. The molecule has 0 saturated heterocycles. The zero-order valence-electron chi connectivity index (χ0n) is 25.6. The van der Waals surface area contributed by atoms with Gasteiger partial charge in [0.2, 0.25) is 5.91 Å². The second-order valence-corrected chi connectivity index (χ2v) is 11.0. The molecule has 0 aliphatic rings. The fraction of sp³-hybridized carbons (Fsp3) is 0.171. The molecule has 0 bridgehead atoms. The van der Waals surface area contributed by atoms with Crippen LogP contribution in [0.1, 0.15) is 50.8 Å². The van der Waals surface area contributed by atoms with Crippen molar-refractivity contribution in [1.82, 2.24) is 4.57 Å². The van der Waals surface area contributed by atoms with E-state index in [0.717, 1.165) is 5.56 Å². The van der Waals surface area contributed by atoms with Gasteiger partial charge in [-0.2, -0.15) is 0 Å². The van der Waals surface area contributed by atoms with Crippen molar-refractivity contribution in [2.24, 2.45) is 0 Å². The maximum atomic E-state index is 13.8. The van der Waals surface area contributed by atoms with Crippen LogP contribution in [0.25, 0.3) is 11.1 Å². The third kappa shape index (κ3) is 7.59. The molecule has 0 aliphatic carbocycles. The number of halogens is 1. The Hall–Kier alpha value is -5.68. The highest BCUT2D eigenvalue weighted by molar-refractivity contribution is 6.31. The van der Waals surface area contributed by atoms with Crippen LogP contribution >= 0.6 is 11.6 Å². The van der Waals surface area contributed by atoms with Gasteiger partial charge < -0.3 is 23.6 Å². The van der Waals surface area contributed by atoms with Crippen LogP contribution in [0.3, 0.4) is 0 Å². The number of anilines is 1. The van der Waals surface area contributed by atoms with Gasteiger partial charge in [-0.25, -0.2) is 9.59 Å². The van der Waals surface area contributed by atoms with Gasteiger partial charge in [-0.15, -0.1) is 0 Å². The normalized spacial score (nSPS) is 11.5. The summed E-state index contributed by atoms with van der Waals surface area (Å²) in [4.78, 5) is 63.6. The average Bonchev–Trinajstić information content (AvgIpc) is 3.39. The Morgan fingerprint density at radius 1 is 0.936 bits per heavy atom. The van der Waals surface area contributed by atoms with E-state index >= 15 is 0 Å². The molecule has 2 heterocycles. The Bertz CT molecular complexity index is 2060. The van der Waals surface area contributed by atoms with Crippen LogP contribution in [0.5, 0.6) is 5.75 Å². The Morgan fingerprint density at radius 3 is 2.30 bits per heavy atom. The van der Waals surface area contributed by atoms with Crippen molar-refractivity contribution in [3.05, 3.63) is 139 Å². The van der Waals surface area contributed by atoms with Crippen LogP contribution < -0.4 is 21.4 Å². The lowest BCUT2D eigenvalue weighted by molar-refractivity contribution is -0.119. The summed E-state index contributed by atoms with van der Waals surface area (Å²) < 4.78 is 21.7. The topological polar surface area (TPSA) is 147 Å². The van der Waals surface area contributed by atoms with E-state index in [-0.39, 0.29) is 41.6 Å². The molecule has 0 radical (unpaired) electrons. The minimum absolute atomic E-state index is 0.100. The van der Waals surface area contributed by atoms with Crippen LogP contribution in [-0.2, 0) is 22.6 Å². The van der Waals surface area contributed by atoms with Crippen LogP contribution in [0.15, 0.2) is 103 Å². The molecule has 1 atom stereocenters. The number of rotatable bonds is 11. The van der Waals surface area contributed by atoms with Crippen LogP contribution in [0.2, 0.25) is 5.02 Å². The average molecular weight is 657 g/mol. The standard InChI is InChI=1S/C35H29ClN2O9/c1-20(39)26-14-11-24(36)16-27(26)28-17-32(40)38(18-30(28)44-3)29(15-22-7-5-4-6-8-22)33(41)37-25-12-9-23(10-13-25)34(42)45-19-31-21(2)46-35(43)47-31/h4-14,16-18,29H,15,19H2,1-3H3,(H,37,41). The highest BCUT2D eigenvalue weighted by Gasteiger charge is 2.25. The summed E-state index contributed by atoms with van der Waals surface area (Å²) in [5, 5.41) is 3.20. The number of pyridine rings is 1. The molecule has 1 amide bonds. The number of amides is 1. The van der Waals surface area contributed by atoms with Gasteiger partial charge in [0.15, 0.2) is 23.9 Å². The van der Waals surface area contributed by atoms with Crippen LogP contribution in [0, 0.1) is 6.92 Å².